The highest BCUT2D eigenvalue weighted by atomic mass is 35.5. The first-order valence-corrected chi connectivity index (χ1v) is 11.4. The molecule has 0 atom stereocenters. The Kier molecular flexibility index (Phi) is 8.83. The molecule has 0 saturated heterocycles. The van der Waals surface area contributed by atoms with Crippen LogP contribution in [0.4, 0.5) is 11.4 Å². The Labute approximate surface area is 208 Å². The van der Waals surface area contributed by atoms with Crippen LogP contribution >= 0.6 is 35.4 Å². The number of pyridine rings is 1. The number of halogens is 2. The van der Waals surface area contributed by atoms with Gasteiger partial charge in [0.15, 0.2) is 5.11 Å². The quantitative estimate of drug-likeness (QED) is 0.259. The summed E-state index contributed by atoms with van der Waals surface area (Å²) in [5.41, 5.74) is 4.48. The van der Waals surface area contributed by atoms with E-state index < -0.39 is 5.97 Å². The number of benzene rings is 2. The third kappa shape index (κ3) is 7.02. The highest BCUT2D eigenvalue weighted by Gasteiger charge is 2.12. The molecule has 0 aliphatic heterocycles. The van der Waals surface area contributed by atoms with Crippen LogP contribution in [0.2, 0.25) is 10.0 Å². The summed E-state index contributed by atoms with van der Waals surface area (Å²) >= 11 is 17.8. The zero-order valence-corrected chi connectivity index (χ0v) is 20.3. The molecule has 8 heteroatoms. The van der Waals surface area contributed by atoms with Gasteiger partial charge in [0.1, 0.15) is 0 Å². The maximum Gasteiger partial charge on any atom is 0.303 e. The van der Waals surface area contributed by atoms with E-state index in [0.717, 1.165) is 22.4 Å². The van der Waals surface area contributed by atoms with Crippen molar-refractivity contribution in [2.24, 2.45) is 0 Å². The van der Waals surface area contributed by atoms with Gasteiger partial charge in [-0.1, -0.05) is 47.5 Å². The van der Waals surface area contributed by atoms with Gasteiger partial charge in [-0.3, -0.25) is 9.78 Å². The van der Waals surface area contributed by atoms with Gasteiger partial charge in [0.25, 0.3) is 0 Å². The number of anilines is 2. The van der Waals surface area contributed by atoms with Gasteiger partial charge in [-0.05, 0) is 72.6 Å². The average molecular weight is 500 g/mol. The summed E-state index contributed by atoms with van der Waals surface area (Å²) in [5.74, 6) is -0.795. The van der Waals surface area contributed by atoms with E-state index in [2.05, 4.69) is 16.4 Å². The van der Waals surface area contributed by atoms with Crippen molar-refractivity contribution in [3.63, 3.8) is 0 Å². The highest BCUT2D eigenvalue weighted by molar-refractivity contribution is 7.80. The van der Waals surface area contributed by atoms with Crippen molar-refractivity contribution in [2.45, 2.75) is 19.3 Å². The van der Waals surface area contributed by atoms with Crippen LogP contribution in [0.1, 0.15) is 30.4 Å². The van der Waals surface area contributed by atoms with Crippen LogP contribution < -0.4 is 10.2 Å². The lowest BCUT2D eigenvalue weighted by Crippen LogP contribution is -2.31. The number of carboxylic acids is 1. The van der Waals surface area contributed by atoms with Crippen molar-refractivity contribution in [3.8, 4) is 0 Å². The molecule has 3 rings (SSSR count). The van der Waals surface area contributed by atoms with Crippen molar-refractivity contribution in [1.29, 1.82) is 0 Å². The first-order chi connectivity index (χ1) is 15.8. The largest absolute Gasteiger partial charge is 0.481 e. The van der Waals surface area contributed by atoms with Gasteiger partial charge >= 0.3 is 5.97 Å². The summed E-state index contributed by atoms with van der Waals surface area (Å²) in [4.78, 5) is 17.0. The fourth-order valence-electron chi connectivity index (χ4n) is 3.21. The minimum Gasteiger partial charge on any atom is -0.481 e. The lowest BCUT2D eigenvalue weighted by atomic mass is 9.97. The second kappa shape index (κ2) is 11.8. The number of aliphatic carboxylic acids is 1. The number of carbonyl (C=O) groups is 1. The number of aromatic nitrogens is 1. The Morgan fingerprint density at radius 1 is 1.15 bits per heavy atom. The molecule has 1 aromatic heterocycles. The fraction of sp³-hybridized carbons (Fsp3) is 0.160. The first-order valence-electron chi connectivity index (χ1n) is 10.3. The van der Waals surface area contributed by atoms with Crippen LogP contribution in [0.25, 0.3) is 5.57 Å². The maximum absolute atomic E-state index is 10.9. The fourth-order valence-corrected chi connectivity index (χ4v) is 3.88. The van der Waals surface area contributed by atoms with Crippen molar-refractivity contribution >= 4 is 63.4 Å². The Balaban J connectivity index is 1.84. The zero-order chi connectivity index (χ0) is 23.8. The molecule has 0 radical (unpaired) electrons. The summed E-state index contributed by atoms with van der Waals surface area (Å²) in [6.07, 6.45) is 6.92. The molecule has 0 amide bonds. The normalized spacial score (nSPS) is 11.2. The summed E-state index contributed by atoms with van der Waals surface area (Å²) < 4.78 is 0. The first kappa shape index (κ1) is 24.7. The molecule has 0 aliphatic carbocycles. The number of unbranched alkanes of at least 4 members (excludes halogenated alkanes) is 1. The molecule has 5 nitrogen and oxygen atoms in total. The molecule has 0 fully saturated rings. The van der Waals surface area contributed by atoms with Crippen LogP contribution in [-0.2, 0) is 4.79 Å². The SMILES string of the molecule is CN(C(=S)Nc1ccc(Cl)cc1Cl)c1cccc(/C(=C/CCCC(=O)O)c2cccnc2)c1. The number of carboxylic acid groups (broad SMARTS) is 1. The number of thiocarbonyl (C=S) groups is 1. The van der Waals surface area contributed by atoms with Crippen molar-refractivity contribution in [3.05, 3.63) is 94.2 Å². The van der Waals surface area contributed by atoms with Crippen molar-refractivity contribution < 1.29 is 9.90 Å². The van der Waals surface area contributed by atoms with Crippen molar-refractivity contribution in [1.82, 2.24) is 4.98 Å². The summed E-state index contributed by atoms with van der Waals surface area (Å²) in [5, 5.41) is 13.6. The van der Waals surface area contributed by atoms with E-state index in [1.807, 2.05) is 48.3 Å². The van der Waals surface area contributed by atoms with E-state index in [1.165, 1.54) is 0 Å². The third-order valence-corrected chi connectivity index (χ3v) is 5.86. The predicted octanol–water partition coefficient (Wildman–Crippen LogP) is 6.91. The van der Waals surface area contributed by atoms with Gasteiger partial charge < -0.3 is 15.3 Å². The second-order valence-electron chi connectivity index (χ2n) is 7.31. The van der Waals surface area contributed by atoms with E-state index in [1.54, 1.807) is 30.6 Å². The molecule has 0 spiro atoms. The molecule has 0 unspecified atom stereocenters. The van der Waals surface area contributed by atoms with Gasteiger partial charge in [-0.25, -0.2) is 0 Å². The Bertz CT molecular complexity index is 1170. The van der Waals surface area contributed by atoms with Gasteiger partial charge in [0.05, 0.1) is 10.7 Å². The van der Waals surface area contributed by atoms with Crippen LogP contribution in [0, 0.1) is 0 Å². The lowest BCUT2D eigenvalue weighted by Gasteiger charge is -2.22. The molecule has 170 valence electrons. The van der Waals surface area contributed by atoms with Gasteiger partial charge in [-0.2, -0.15) is 0 Å². The molecule has 0 saturated carbocycles. The summed E-state index contributed by atoms with van der Waals surface area (Å²) in [6.45, 7) is 0. The number of nitrogens with one attached hydrogen (secondary N) is 1. The average Bonchev–Trinajstić information content (AvgIpc) is 2.81. The molecule has 2 N–H and O–H groups in total. The summed E-state index contributed by atoms with van der Waals surface area (Å²) in [6, 6.07) is 17.0. The Morgan fingerprint density at radius 2 is 1.94 bits per heavy atom. The minimum absolute atomic E-state index is 0.132. The molecular formula is C25H23Cl2N3O2S. The molecular weight excluding hydrogens is 477 g/mol. The molecule has 1 heterocycles. The third-order valence-electron chi connectivity index (χ3n) is 4.94. The van der Waals surface area contributed by atoms with E-state index in [9.17, 15) is 4.79 Å². The van der Waals surface area contributed by atoms with Gasteiger partial charge in [0, 0.05) is 42.1 Å². The zero-order valence-electron chi connectivity index (χ0n) is 18.0. The van der Waals surface area contributed by atoms with Crippen LogP contribution in [0.3, 0.4) is 0 Å². The predicted molar refractivity (Wildman–Crippen MR) is 140 cm³/mol. The smallest absolute Gasteiger partial charge is 0.303 e. The van der Waals surface area contributed by atoms with E-state index in [-0.39, 0.29) is 6.42 Å². The van der Waals surface area contributed by atoms with E-state index in [0.29, 0.717) is 33.7 Å². The van der Waals surface area contributed by atoms with Gasteiger partial charge in [-0.15, -0.1) is 0 Å². The number of hydrogen-bond donors (Lipinski definition) is 2. The number of rotatable bonds is 8. The topological polar surface area (TPSA) is 65.5 Å². The van der Waals surface area contributed by atoms with E-state index in [4.69, 9.17) is 40.5 Å². The highest BCUT2D eigenvalue weighted by Crippen LogP contribution is 2.29. The van der Waals surface area contributed by atoms with Crippen LogP contribution in [0.15, 0.2) is 73.1 Å². The number of allylic oxidation sites excluding steroid dienone is 1. The lowest BCUT2D eigenvalue weighted by molar-refractivity contribution is -0.137. The molecule has 0 bridgehead atoms. The van der Waals surface area contributed by atoms with E-state index >= 15 is 0 Å². The monoisotopic (exact) mass is 499 g/mol. The molecule has 33 heavy (non-hydrogen) atoms. The van der Waals surface area contributed by atoms with Crippen LogP contribution in [0.5, 0.6) is 0 Å². The standard InChI is InChI=1S/C25H23Cl2N3O2S/c1-30(25(33)29-23-12-11-19(26)15-22(23)27)20-8-4-6-17(14-20)21(9-2-3-10-24(31)32)18-7-5-13-28-16-18/h4-9,11-16H,2-3,10H2,1H3,(H,29,33)(H,31,32)/b21-9-. The minimum atomic E-state index is -0.795. The van der Waals surface area contributed by atoms with Gasteiger partial charge in [0.2, 0.25) is 0 Å². The number of nitrogens with zero attached hydrogens (tertiary/aromatic N) is 2. The van der Waals surface area contributed by atoms with Crippen molar-refractivity contribution in [2.75, 3.05) is 17.3 Å². The van der Waals surface area contributed by atoms with Crippen LogP contribution in [-0.4, -0.2) is 28.2 Å². The molecule has 2 aromatic carbocycles. The Morgan fingerprint density at radius 3 is 2.64 bits per heavy atom. The maximum atomic E-state index is 10.9. The summed E-state index contributed by atoms with van der Waals surface area (Å²) in [7, 11) is 1.87. The molecule has 0 aliphatic rings. The second-order valence-corrected chi connectivity index (χ2v) is 8.54. The number of hydrogen-bond acceptors (Lipinski definition) is 3. The molecule has 3 aromatic rings. The Hall–Kier alpha value is -2.93.